The van der Waals surface area contributed by atoms with E-state index in [1.165, 1.54) is 0 Å². The largest absolute Gasteiger partial charge is 0.494 e. The highest BCUT2D eigenvalue weighted by atomic mass is 79.9. The number of halogens is 2. The van der Waals surface area contributed by atoms with Crippen molar-refractivity contribution in [3.8, 4) is 11.8 Å². The second kappa shape index (κ2) is 6.57. The zero-order valence-corrected chi connectivity index (χ0v) is 15.3. The summed E-state index contributed by atoms with van der Waals surface area (Å²) in [4.78, 5) is 7.63. The van der Waals surface area contributed by atoms with E-state index in [0.29, 0.717) is 17.1 Å². The Balaban J connectivity index is 2.07. The molecule has 0 saturated carbocycles. The van der Waals surface area contributed by atoms with E-state index in [1.807, 2.05) is 36.4 Å². The SMILES string of the molecule is COc1c(Br)cc(/C=C(\C#N)c2nc3ccccc3[nH]2)cc1Br. The predicted molar refractivity (Wildman–Crippen MR) is 98.0 cm³/mol. The maximum atomic E-state index is 9.48. The number of aromatic amines is 1. The zero-order chi connectivity index (χ0) is 16.4. The standard InChI is InChI=1S/C17H11Br2N3O/c1-23-16-12(18)7-10(8-13(16)19)6-11(9-20)17-21-14-4-2-3-5-15(14)22-17/h2-8H,1H3,(H,21,22)/b11-6+. The van der Waals surface area contributed by atoms with E-state index in [-0.39, 0.29) is 0 Å². The Labute approximate surface area is 150 Å². The Morgan fingerprint density at radius 1 is 1.26 bits per heavy atom. The number of fused-ring (bicyclic) bond motifs is 1. The van der Waals surface area contributed by atoms with Gasteiger partial charge in [-0.05, 0) is 67.8 Å². The van der Waals surface area contributed by atoms with Gasteiger partial charge in [0.15, 0.2) is 0 Å². The third-order valence-electron chi connectivity index (χ3n) is 3.30. The van der Waals surface area contributed by atoms with Crippen molar-refractivity contribution in [1.82, 2.24) is 9.97 Å². The molecule has 2 aromatic carbocycles. The molecule has 0 amide bonds. The molecule has 0 aliphatic rings. The van der Waals surface area contributed by atoms with Gasteiger partial charge in [0.25, 0.3) is 0 Å². The lowest BCUT2D eigenvalue weighted by Crippen LogP contribution is -1.89. The van der Waals surface area contributed by atoms with Crippen LogP contribution in [0.15, 0.2) is 45.3 Å². The summed E-state index contributed by atoms with van der Waals surface area (Å²) in [6, 6.07) is 13.7. The van der Waals surface area contributed by atoms with Crippen molar-refractivity contribution in [2.24, 2.45) is 0 Å². The van der Waals surface area contributed by atoms with Crippen LogP contribution in [0.4, 0.5) is 0 Å². The summed E-state index contributed by atoms with van der Waals surface area (Å²) in [6.45, 7) is 0. The van der Waals surface area contributed by atoms with Crippen LogP contribution in [0, 0.1) is 11.3 Å². The van der Waals surface area contributed by atoms with Gasteiger partial charge in [0.1, 0.15) is 17.6 Å². The minimum Gasteiger partial charge on any atom is -0.494 e. The van der Waals surface area contributed by atoms with E-state index < -0.39 is 0 Å². The molecular formula is C17H11Br2N3O. The van der Waals surface area contributed by atoms with E-state index in [4.69, 9.17) is 4.74 Å². The maximum absolute atomic E-state index is 9.48. The number of H-pyrrole nitrogens is 1. The molecule has 3 rings (SSSR count). The highest BCUT2D eigenvalue weighted by Crippen LogP contribution is 2.35. The summed E-state index contributed by atoms with van der Waals surface area (Å²) in [7, 11) is 1.61. The van der Waals surface area contributed by atoms with Gasteiger partial charge in [0, 0.05) is 0 Å². The molecule has 0 atom stereocenters. The lowest BCUT2D eigenvalue weighted by molar-refractivity contribution is 0.409. The van der Waals surface area contributed by atoms with Crippen molar-refractivity contribution in [2.75, 3.05) is 7.11 Å². The Morgan fingerprint density at radius 3 is 2.57 bits per heavy atom. The summed E-state index contributed by atoms with van der Waals surface area (Å²) < 4.78 is 6.90. The Hall–Kier alpha value is -2.10. The van der Waals surface area contributed by atoms with Crippen LogP contribution in [0.1, 0.15) is 11.4 Å². The number of hydrogen-bond acceptors (Lipinski definition) is 3. The van der Waals surface area contributed by atoms with E-state index in [0.717, 1.165) is 25.5 Å². The highest BCUT2D eigenvalue weighted by Gasteiger charge is 2.10. The molecule has 0 fully saturated rings. The fourth-order valence-corrected chi connectivity index (χ4v) is 3.80. The first-order valence-corrected chi connectivity index (χ1v) is 8.31. The first kappa shape index (κ1) is 15.8. The van der Waals surface area contributed by atoms with Crippen LogP contribution < -0.4 is 4.74 Å². The molecular weight excluding hydrogens is 422 g/mol. The smallest absolute Gasteiger partial charge is 0.149 e. The number of aromatic nitrogens is 2. The van der Waals surface area contributed by atoms with Crippen molar-refractivity contribution in [3.63, 3.8) is 0 Å². The quantitative estimate of drug-likeness (QED) is 0.581. The third kappa shape index (κ3) is 3.16. The Bertz CT molecular complexity index is 898. The molecule has 0 aliphatic heterocycles. The minimum atomic E-state index is 0.463. The maximum Gasteiger partial charge on any atom is 0.149 e. The number of methoxy groups -OCH3 is 1. The summed E-state index contributed by atoms with van der Waals surface area (Å²) in [5.41, 5.74) is 3.06. The van der Waals surface area contributed by atoms with Crippen molar-refractivity contribution in [3.05, 3.63) is 56.7 Å². The van der Waals surface area contributed by atoms with Crippen molar-refractivity contribution < 1.29 is 4.74 Å². The predicted octanol–water partition coefficient (Wildman–Crippen LogP) is 5.16. The number of benzene rings is 2. The first-order valence-electron chi connectivity index (χ1n) is 6.72. The molecule has 0 spiro atoms. The molecule has 1 aromatic heterocycles. The van der Waals surface area contributed by atoms with Crippen LogP contribution in [0.2, 0.25) is 0 Å². The number of allylic oxidation sites excluding steroid dienone is 1. The van der Waals surface area contributed by atoms with Crippen LogP contribution >= 0.6 is 31.9 Å². The number of nitrogens with zero attached hydrogens (tertiary/aromatic N) is 2. The number of para-hydroxylation sites is 2. The molecule has 0 radical (unpaired) electrons. The number of hydrogen-bond donors (Lipinski definition) is 1. The van der Waals surface area contributed by atoms with Crippen molar-refractivity contribution >= 4 is 54.5 Å². The number of ether oxygens (including phenoxy) is 1. The second-order valence-electron chi connectivity index (χ2n) is 4.79. The topological polar surface area (TPSA) is 61.7 Å². The van der Waals surface area contributed by atoms with Gasteiger partial charge >= 0.3 is 0 Å². The van der Waals surface area contributed by atoms with E-state index in [9.17, 15) is 5.26 Å². The van der Waals surface area contributed by atoms with E-state index in [1.54, 1.807) is 13.2 Å². The van der Waals surface area contributed by atoms with E-state index in [2.05, 4.69) is 47.9 Å². The van der Waals surface area contributed by atoms with Crippen LogP contribution in [-0.2, 0) is 0 Å². The van der Waals surface area contributed by atoms with Crippen LogP contribution in [-0.4, -0.2) is 17.1 Å². The second-order valence-corrected chi connectivity index (χ2v) is 6.50. The molecule has 0 unspecified atom stereocenters. The summed E-state index contributed by atoms with van der Waals surface area (Å²) in [5.74, 6) is 1.26. The summed E-state index contributed by atoms with van der Waals surface area (Å²) >= 11 is 6.93. The number of nitrogens with one attached hydrogen (secondary N) is 1. The number of imidazole rings is 1. The summed E-state index contributed by atoms with van der Waals surface area (Å²) in [6.07, 6.45) is 1.78. The van der Waals surface area contributed by atoms with Gasteiger partial charge in [-0.15, -0.1) is 0 Å². The van der Waals surface area contributed by atoms with Gasteiger partial charge in [0.05, 0.1) is 32.7 Å². The Morgan fingerprint density at radius 2 is 1.96 bits per heavy atom. The molecule has 1 N–H and O–H groups in total. The highest BCUT2D eigenvalue weighted by molar-refractivity contribution is 9.11. The average molecular weight is 433 g/mol. The van der Waals surface area contributed by atoms with Crippen LogP contribution in [0.25, 0.3) is 22.7 Å². The fourth-order valence-electron chi connectivity index (χ4n) is 2.26. The van der Waals surface area contributed by atoms with Crippen molar-refractivity contribution in [1.29, 1.82) is 5.26 Å². The third-order valence-corrected chi connectivity index (χ3v) is 4.48. The van der Waals surface area contributed by atoms with Gasteiger partial charge in [-0.25, -0.2) is 4.98 Å². The lowest BCUT2D eigenvalue weighted by Gasteiger charge is -2.07. The molecule has 114 valence electrons. The van der Waals surface area contributed by atoms with Crippen LogP contribution in [0.3, 0.4) is 0 Å². The molecule has 4 nitrogen and oxygen atoms in total. The average Bonchev–Trinajstić information content (AvgIpc) is 2.96. The molecule has 0 bridgehead atoms. The van der Waals surface area contributed by atoms with Gasteiger partial charge in [-0.3, -0.25) is 0 Å². The molecule has 3 aromatic rings. The lowest BCUT2D eigenvalue weighted by atomic mass is 10.1. The zero-order valence-electron chi connectivity index (χ0n) is 12.1. The number of nitriles is 1. The minimum absolute atomic E-state index is 0.463. The van der Waals surface area contributed by atoms with Crippen LogP contribution in [0.5, 0.6) is 5.75 Å². The summed E-state index contributed by atoms with van der Waals surface area (Å²) in [5, 5.41) is 9.48. The normalized spacial score (nSPS) is 11.5. The monoisotopic (exact) mass is 431 g/mol. The molecule has 0 saturated heterocycles. The van der Waals surface area contributed by atoms with Gasteiger partial charge in [0.2, 0.25) is 0 Å². The van der Waals surface area contributed by atoms with Gasteiger partial charge in [-0.1, -0.05) is 12.1 Å². The number of rotatable bonds is 3. The van der Waals surface area contributed by atoms with Gasteiger partial charge < -0.3 is 9.72 Å². The van der Waals surface area contributed by atoms with Gasteiger partial charge in [-0.2, -0.15) is 5.26 Å². The van der Waals surface area contributed by atoms with E-state index >= 15 is 0 Å². The Kier molecular flexibility index (Phi) is 4.51. The molecule has 1 heterocycles. The van der Waals surface area contributed by atoms with Crippen molar-refractivity contribution in [2.45, 2.75) is 0 Å². The fraction of sp³-hybridized carbons (Fsp3) is 0.0588. The molecule has 6 heteroatoms. The molecule has 0 aliphatic carbocycles. The molecule has 23 heavy (non-hydrogen) atoms. The first-order chi connectivity index (χ1) is 11.1.